The number of phenols is 1. The minimum absolute atomic E-state index is 0.0713. The second-order valence-corrected chi connectivity index (χ2v) is 12.7. The lowest BCUT2D eigenvalue weighted by Crippen LogP contribution is -2.36. The summed E-state index contributed by atoms with van der Waals surface area (Å²) in [5.41, 5.74) is 7.02. The summed E-state index contributed by atoms with van der Waals surface area (Å²) in [5, 5.41) is 10.6. The molecule has 0 unspecified atom stereocenters. The van der Waals surface area contributed by atoms with Crippen molar-refractivity contribution in [3.63, 3.8) is 0 Å². The van der Waals surface area contributed by atoms with Gasteiger partial charge in [-0.25, -0.2) is 0 Å². The van der Waals surface area contributed by atoms with Crippen LogP contribution in [0.1, 0.15) is 49.7 Å². The standard InChI is InChI=1S/C38H34ClN5O4/c1-23-30-20-33(41(23)3)31-19-25(39)10-15-29(31)37(46)43-17-16-28-24(22-43)7-5-9-35(28)48-18-6-8-32-34(21-36(40-2)42(32)4)44(38(30)47)26-11-13-27(45)14-12-26/h5,7,9-15,19-21,45H,6,8,16-18,22H2,1,3-4H3. The van der Waals surface area contributed by atoms with Crippen LogP contribution in [0, 0.1) is 13.5 Å². The molecule has 9 nitrogen and oxygen atoms in total. The van der Waals surface area contributed by atoms with Crippen LogP contribution in [0.25, 0.3) is 16.1 Å². The van der Waals surface area contributed by atoms with E-state index in [1.807, 2.05) is 59.3 Å². The third-order valence-electron chi connectivity index (χ3n) is 9.56. The van der Waals surface area contributed by atoms with Gasteiger partial charge in [-0.15, -0.1) is 0 Å². The Morgan fingerprint density at radius 1 is 0.896 bits per heavy atom. The number of halogens is 1. The quantitative estimate of drug-likeness (QED) is 0.187. The number of fused-ring (bicyclic) bond motifs is 5. The molecule has 0 spiro atoms. The molecule has 3 aliphatic heterocycles. The van der Waals surface area contributed by atoms with Crippen LogP contribution in [0.3, 0.4) is 0 Å². The SMILES string of the molecule is [C-]#[N+]c1cc2c(n1C)CCCOc1cccc3c1CCN(C3)C(=O)c1ccc(Cl)cc1-c1cc(c(C)n1C)C(=O)N2c1ccc(O)cc1. The molecular weight excluding hydrogens is 626 g/mol. The van der Waals surface area contributed by atoms with Gasteiger partial charge >= 0.3 is 0 Å². The first-order valence-electron chi connectivity index (χ1n) is 15.8. The smallest absolute Gasteiger partial charge is 0.264 e. The Labute approximate surface area is 284 Å². The van der Waals surface area contributed by atoms with E-state index in [-0.39, 0.29) is 17.6 Å². The van der Waals surface area contributed by atoms with Crippen molar-refractivity contribution in [1.82, 2.24) is 14.0 Å². The van der Waals surface area contributed by atoms with Crippen molar-refractivity contribution in [3.8, 4) is 22.8 Å². The van der Waals surface area contributed by atoms with E-state index in [9.17, 15) is 14.7 Å². The van der Waals surface area contributed by atoms with Crippen molar-refractivity contribution in [2.24, 2.45) is 14.1 Å². The Kier molecular flexibility index (Phi) is 7.98. The van der Waals surface area contributed by atoms with E-state index < -0.39 is 0 Å². The topological polar surface area (TPSA) is 84.3 Å². The Balaban J connectivity index is 1.45. The van der Waals surface area contributed by atoms with E-state index in [2.05, 4.69) is 4.85 Å². The molecule has 0 atom stereocenters. The van der Waals surface area contributed by atoms with Crippen molar-refractivity contribution in [1.29, 1.82) is 0 Å². The zero-order chi connectivity index (χ0) is 33.7. The van der Waals surface area contributed by atoms with Gasteiger partial charge in [-0.1, -0.05) is 30.3 Å². The first-order chi connectivity index (χ1) is 23.2. The number of aromatic nitrogens is 2. The van der Waals surface area contributed by atoms with E-state index in [4.69, 9.17) is 22.9 Å². The summed E-state index contributed by atoms with van der Waals surface area (Å²) >= 11 is 6.54. The zero-order valence-corrected chi connectivity index (χ0v) is 27.7. The monoisotopic (exact) mass is 659 g/mol. The molecule has 1 N–H and O–H groups in total. The van der Waals surface area contributed by atoms with Crippen molar-refractivity contribution in [2.75, 3.05) is 18.1 Å². The van der Waals surface area contributed by atoms with Gasteiger partial charge in [0.25, 0.3) is 11.8 Å². The number of benzene rings is 3. The second-order valence-electron chi connectivity index (χ2n) is 12.3. The lowest BCUT2D eigenvalue weighted by molar-refractivity contribution is 0.0734. The largest absolute Gasteiger partial charge is 0.508 e. The van der Waals surface area contributed by atoms with Gasteiger partial charge in [-0.05, 0) is 86.0 Å². The van der Waals surface area contributed by atoms with Crippen LogP contribution in [0.15, 0.2) is 72.8 Å². The summed E-state index contributed by atoms with van der Waals surface area (Å²) in [6.45, 7) is 11.2. The molecule has 8 rings (SSSR count). The summed E-state index contributed by atoms with van der Waals surface area (Å²) < 4.78 is 10.1. The molecule has 0 saturated carbocycles. The molecule has 5 heterocycles. The van der Waals surface area contributed by atoms with Gasteiger partial charge in [0.05, 0.1) is 24.9 Å². The fourth-order valence-corrected chi connectivity index (χ4v) is 7.03. The lowest BCUT2D eigenvalue weighted by atomic mass is 9.96. The molecule has 0 aliphatic carbocycles. The predicted molar refractivity (Wildman–Crippen MR) is 186 cm³/mol. The minimum atomic E-state index is -0.312. The number of ether oxygens (including phenoxy) is 1. The minimum Gasteiger partial charge on any atom is -0.508 e. The van der Waals surface area contributed by atoms with E-state index in [0.717, 1.165) is 22.6 Å². The third-order valence-corrected chi connectivity index (χ3v) is 9.79. The summed E-state index contributed by atoms with van der Waals surface area (Å²) in [4.78, 5) is 36.2. The summed E-state index contributed by atoms with van der Waals surface area (Å²) in [6.07, 6.45) is 1.85. The molecule has 242 valence electrons. The molecule has 10 heteroatoms. The lowest BCUT2D eigenvalue weighted by Gasteiger charge is -2.30. The third kappa shape index (κ3) is 5.28. The number of anilines is 2. The molecule has 6 bridgehead atoms. The highest BCUT2D eigenvalue weighted by Crippen LogP contribution is 2.39. The molecule has 48 heavy (non-hydrogen) atoms. The average molecular weight is 660 g/mol. The number of phenolic OH excluding ortho intramolecular Hbond substituents is 1. The maximum atomic E-state index is 14.8. The maximum absolute atomic E-state index is 14.8. The average Bonchev–Trinajstić information content (AvgIpc) is 3.56. The molecule has 0 saturated heterocycles. The Morgan fingerprint density at radius 3 is 2.46 bits per heavy atom. The number of hydrogen-bond acceptors (Lipinski definition) is 4. The second kappa shape index (κ2) is 12.3. The number of aromatic hydroxyl groups is 1. The van der Waals surface area contributed by atoms with Crippen LogP contribution in [-0.2, 0) is 33.5 Å². The normalized spacial score (nSPS) is 14.8. The molecule has 3 aliphatic rings. The molecule has 2 amide bonds. The fourth-order valence-electron chi connectivity index (χ4n) is 6.86. The number of nitrogens with zero attached hydrogens (tertiary/aromatic N) is 5. The summed E-state index contributed by atoms with van der Waals surface area (Å²) in [5.74, 6) is 0.851. The molecule has 0 radical (unpaired) electrons. The summed E-state index contributed by atoms with van der Waals surface area (Å²) in [7, 11) is 3.71. The number of amides is 2. The van der Waals surface area contributed by atoms with Gasteiger partial charge < -0.3 is 24.2 Å². The first kappa shape index (κ1) is 31.2. The molecule has 0 fully saturated rings. The zero-order valence-electron chi connectivity index (χ0n) is 27.0. The molecule has 3 aromatic carbocycles. The highest BCUT2D eigenvalue weighted by atomic mass is 35.5. The van der Waals surface area contributed by atoms with E-state index in [1.165, 1.54) is 12.1 Å². The molecular formula is C38H34ClN5O4. The Hall–Kier alpha value is -5.46. The predicted octanol–water partition coefficient (Wildman–Crippen LogP) is 7.75. The van der Waals surface area contributed by atoms with Gasteiger partial charge in [-0.2, -0.15) is 0 Å². The van der Waals surface area contributed by atoms with Crippen molar-refractivity contribution < 1.29 is 19.4 Å². The highest BCUT2D eigenvalue weighted by Gasteiger charge is 2.32. The van der Waals surface area contributed by atoms with E-state index >= 15 is 0 Å². The first-order valence-corrected chi connectivity index (χ1v) is 16.2. The van der Waals surface area contributed by atoms with Crippen molar-refractivity contribution in [2.45, 2.75) is 32.7 Å². The van der Waals surface area contributed by atoms with Crippen LogP contribution in [0.5, 0.6) is 11.5 Å². The van der Waals surface area contributed by atoms with Crippen LogP contribution in [0.2, 0.25) is 5.02 Å². The van der Waals surface area contributed by atoms with Crippen molar-refractivity contribution in [3.05, 3.63) is 123 Å². The van der Waals surface area contributed by atoms with Gasteiger partial charge in [0, 0.05) is 65.3 Å². The van der Waals surface area contributed by atoms with E-state index in [1.54, 1.807) is 41.3 Å². The molecule has 5 aromatic rings. The highest BCUT2D eigenvalue weighted by molar-refractivity contribution is 6.31. The number of rotatable bonds is 1. The number of hydrogen-bond donors (Lipinski definition) is 1. The van der Waals surface area contributed by atoms with Gasteiger partial charge in [0.1, 0.15) is 17.2 Å². The van der Waals surface area contributed by atoms with Crippen molar-refractivity contribution >= 4 is 40.6 Å². The summed E-state index contributed by atoms with van der Waals surface area (Å²) in [6, 6.07) is 21.2. The van der Waals surface area contributed by atoms with Crippen LogP contribution >= 0.6 is 11.6 Å². The van der Waals surface area contributed by atoms with Gasteiger partial charge in [0.15, 0.2) is 0 Å². The van der Waals surface area contributed by atoms with E-state index in [0.29, 0.717) is 89.3 Å². The molecule has 2 aromatic heterocycles. The van der Waals surface area contributed by atoms with Crippen LogP contribution in [0.4, 0.5) is 17.2 Å². The number of carbonyl (C=O) groups excluding carboxylic acids is 2. The Morgan fingerprint density at radius 2 is 1.69 bits per heavy atom. The maximum Gasteiger partial charge on any atom is 0.264 e. The number of carbonyl (C=O) groups is 2. The Bertz CT molecular complexity index is 2140. The van der Waals surface area contributed by atoms with Gasteiger partial charge in [-0.3, -0.25) is 19.1 Å². The van der Waals surface area contributed by atoms with Gasteiger partial charge in [0.2, 0.25) is 5.82 Å². The van der Waals surface area contributed by atoms with Crippen LogP contribution < -0.4 is 9.64 Å². The van der Waals surface area contributed by atoms with Crippen LogP contribution in [-0.4, -0.2) is 44.1 Å². The fraction of sp³-hybridized carbons (Fsp3) is 0.237.